The zero-order valence-electron chi connectivity index (χ0n) is 16.3. The Morgan fingerprint density at radius 2 is 1.93 bits per heavy atom. The van der Waals surface area contributed by atoms with E-state index in [0.29, 0.717) is 19.5 Å². The Kier molecular flexibility index (Phi) is 7.43. The Balaban J connectivity index is 1.34. The van der Waals surface area contributed by atoms with E-state index in [-0.39, 0.29) is 5.91 Å². The maximum Gasteiger partial charge on any atom is 0.222 e. The molecule has 0 bridgehead atoms. The van der Waals surface area contributed by atoms with Crippen LogP contribution in [0.1, 0.15) is 17.7 Å². The zero-order chi connectivity index (χ0) is 19.6. The second-order valence-corrected chi connectivity index (χ2v) is 6.74. The highest BCUT2D eigenvalue weighted by Gasteiger charge is 2.20. The summed E-state index contributed by atoms with van der Waals surface area (Å²) in [6.45, 7) is 5.57. The minimum Gasteiger partial charge on any atom is -0.364 e. The summed E-state index contributed by atoms with van der Waals surface area (Å²) < 4.78 is 4.89. The van der Waals surface area contributed by atoms with E-state index in [2.05, 4.69) is 30.6 Å². The van der Waals surface area contributed by atoms with Crippen LogP contribution < -0.4 is 10.6 Å². The van der Waals surface area contributed by atoms with Gasteiger partial charge in [-0.2, -0.15) is 0 Å². The molecule has 1 aromatic carbocycles. The number of aromatic nitrogens is 1. The first-order chi connectivity index (χ1) is 13.7. The van der Waals surface area contributed by atoms with Gasteiger partial charge < -0.3 is 20.1 Å². The van der Waals surface area contributed by atoms with E-state index < -0.39 is 0 Å². The van der Waals surface area contributed by atoms with Gasteiger partial charge in [-0.05, 0) is 5.56 Å². The molecule has 1 aliphatic heterocycles. The molecule has 8 nitrogen and oxygen atoms in total. The summed E-state index contributed by atoms with van der Waals surface area (Å²) in [4.78, 5) is 21.0. The number of aliphatic imine (C=N–C) groups is 1. The molecular weight excluding hydrogens is 356 g/mol. The summed E-state index contributed by atoms with van der Waals surface area (Å²) in [6, 6.07) is 11.8. The lowest BCUT2D eigenvalue weighted by molar-refractivity contribution is -0.121. The SMILES string of the molecule is CN=C(NCCC(=O)NCc1ccccc1)N1CCN(Cc2ccon2)CC1. The maximum absolute atomic E-state index is 12.0. The number of guanidine groups is 1. The second kappa shape index (κ2) is 10.5. The Bertz CT molecular complexity index is 739. The van der Waals surface area contributed by atoms with Crippen molar-refractivity contribution in [1.82, 2.24) is 25.6 Å². The van der Waals surface area contributed by atoms with Crippen LogP contribution in [0.4, 0.5) is 0 Å². The van der Waals surface area contributed by atoms with Crippen molar-refractivity contribution >= 4 is 11.9 Å². The Labute approximate surface area is 165 Å². The van der Waals surface area contributed by atoms with Gasteiger partial charge in [-0.25, -0.2) is 0 Å². The highest BCUT2D eigenvalue weighted by molar-refractivity contribution is 5.81. The molecular formula is C20H28N6O2. The first-order valence-corrected chi connectivity index (χ1v) is 9.62. The highest BCUT2D eigenvalue weighted by Crippen LogP contribution is 2.07. The molecule has 0 atom stereocenters. The molecule has 0 spiro atoms. The minimum absolute atomic E-state index is 0.0317. The molecule has 150 valence electrons. The number of piperazine rings is 1. The van der Waals surface area contributed by atoms with E-state index in [0.717, 1.165) is 49.9 Å². The fraction of sp³-hybridized carbons (Fsp3) is 0.450. The molecule has 28 heavy (non-hydrogen) atoms. The first-order valence-electron chi connectivity index (χ1n) is 9.62. The normalized spacial score (nSPS) is 15.5. The van der Waals surface area contributed by atoms with Gasteiger partial charge in [0.2, 0.25) is 5.91 Å². The van der Waals surface area contributed by atoms with Gasteiger partial charge in [-0.15, -0.1) is 0 Å². The highest BCUT2D eigenvalue weighted by atomic mass is 16.5. The van der Waals surface area contributed by atoms with Crippen LogP contribution in [0.5, 0.6) is 0 Å². The van der Waals surface area contributed by atoms with Crippen molar-refractivity contribution in [2.24, 2.45) is 4.99 Å². The molecule has 0 radical (unpaired) electrons. The summed E-state index contributed by atoms with van der Waals surface area (Å²) in [5.41, 5.74) is 2.06. The second-order valence-electron chi connectivity index (χ2n) is 6.74. The Morgan fingerprint density at radius 1 is 1.14 bits per heavy atom. The van der Waals surface area contributed by atoms with E-state index in [1.165, 1.54) is 0 Å². The molecule has 1 amide bonds. The average molecular weight is 384 g/mol. The number of carbonyl (C=O) groups excluding carboxylic acids is 1. The van der Waals surface area contributed by atoms with E-state index in [9.17, 15) is 4.79 Å². The van der Waals surface area contributed by atoms with Crippen LogP contribution in [0.15, 0.2) is 52.2 Å². The Hall–Kier alpha value is -2.87. The molecule has 1 saturated heterocycles. The molecule has 0 aliphatic carbocycles. The van der Waals surface area contributed by atoms with Crippen molar-refractivity contribution < 1.29 is 9.32 Å². The summed E-state index contributed by atoms with van der Waals surface area (Å²) in [7, 11) is 1.78. The predicted octanol–water partition coefficient (Wildman–Crippen LogP) is 1.07. The van der Waals surface area contributed by atoms with E-state index in [4.69, 9.17) is 4.52 Å². The van der Waals surface area contributed by atoms with Crippen LogP contribution in [0.2, 0.25) is 0 Å². The van der Waals surface area contributed by atoms with Crippen molar-refractivity contribution in [1.29, 1.82) is 0 Å². The Morgan fingerprint density at radius 3 is 2.61 bits per heavy atom. The number of nitrogens with one attached hydrogen (secondary N) is 2. The minimum atomic E-state index is 0.0317. The molecule has 8 heteroatoms. The van der Waals surface area contributed by atoms with Crippen LogP contribution in [0, 0.1) is 0 Å². The third kappa shape index (κ3) is 6.09. The first kappa shape index (κ1) is 19.9. The number of hydrogen-bond donors (Lipinski definition) is 2. The van der Waals surface area contributed by atoms with E-state index in [1.54, 1.807) is 13.3 Å². The smallest absolute Gasteiger partial charge is 0.222 e. The topological polar surface area (TPSA) is 86.0 Å². The van der Waals surface area contributed by atoms with Gasteiger partial charge >= 0.3 is 0 Å². The lowest BCUT2D eigenvalue weighted by Crippen LogP contribution is -2.52. The molecule has 1 fully saturated rings. The quantitative estimate of drug-likeness (QED) is 0.549. The third-order valence-corrected chi connectivity index (χ3v) is 4.73. The number of carbonyl (C=O) groups is 1. The molecule has 2 heterocycles. The van der Waals surface area contributed by atoms with Gasteiger partial charge in [-0.3, -0.25) is 14.7 Å². The number of nitrogens with zero attached hydrogens (tertiary/aromatic N) is 4. The fourth-order valence-corrected chi connectivity index (χ4v) is 3.17. The van der Waals surface area contributed by atoms with Crippen LogP contribution in [0.25, 0.3) is 0 Å². The summed E-state index contributed by atoms with van der Waals surface area (Å²) in [5, 5.41) is 10.2. The molecule has 2 aromatic rings. The van der Waals surface area contributed by atoms with Gasteiger partial charge in [0.15, 0.2) is 5.96 Å². The zero-order valence-corrected chi connectivity index (χ0v) is 16.3. The lowest BCUT2D eigenvalue weighted by atomic mass is 10.2. The van der Waals surface area contributed by atoms with Crippen LogP contribution >= 0.6 is 0 Å². The van der Waals surface area contributed by atoms with Crippen molar-refractivity contribution in [3.05, 3.63) is 53.9 Å². The van der Waals surface area contributed by atoms with Crippen LogP contribution in [-0.2, 0) is 17.9 Å². The summed E-state index contributed by atoms with van der Waals surface area (Å²) >= 11 is 0. The number of hydrogen-bond acceptors (Lipinski definition) is 5. The number of benzene rings is 1. The maximum atomic E-state index is 12.0. The standard InChI is InChI=1S/C20H28N6O2/c1-21-20(22-9-7-19(27)23-15-17-5-3-2-4-6-17)26-12-10-25(11-13-26)16-18-8-14-28-24-18/h2-6,8,14H,7,9-13,15-16H2,1H3,(H,21,22)(H,23,27). The van der Waals surface area contributed by atoms with Gasteiger partial charge in [-0.1, -0.05) is 35.5 Å². The lowest BCUT2D eigenvalue weighted by Gasteiger charge is -2.36. The summed E-state index contributed by atoms with van der Waals surface area (Å²) in [6.07, 6.45) is 2.02. The number of rotatable bonds is 7. The monoisotopic (exact) mass is 384 g/mol. The fourth-order valence-electron chi connectivity index (χ4n) is 3.17. The van der Waals surface area contributed by atoms with Gasteiger partial charge in [0, 0.05) is 65.3 Å². The molecule has 1 aliphatic rings. The largest absolute Gasteiger partial charge is 0.364 e. The summed E-state index contributed by atoms with van der Waals surface area (Å²) in [5.74, 6) is 0.876. The van der Waals surface area contributed by atoms with Crippen molar-refractivity contribution in [3.8, 4) is 0 Å². The van der Waals surface area contributed by atoms with E-state index >= 15 is 0 Å². The average Bonchev–Trinajstić information content (AvgIpc) is 3.24. The number of amides is 1. The molecule has 1 aromatic heterocycles. The molecule has 3 rings (SSSR count). The van der Waals surface area contributed by atoms with Crippen molar-refractivity contribution in [2.45, 2.75) is 19.5 Å². The molecule has 0 saturated carbocycles. The molecule has 2 N–H and O–H groups in total. The third-order valence-electron chi connectivity index (χ3n) is 4.73. The van der Waals surface area contributed by atoms with Crippen molar-refractivity contribution in [3.63, 3.8) is 0 Å². The van der Waals surface area contributed by atoms with Crippen LogP contribution in [-0.4, -0.2) is 66.6 Å². The predicted molar refractivity (Wildman–Crippen MR) is 108 cm³/mol. The van der Waals surface area contributed by atoms with Crippen LogP contribution in [0.3, 0.4) is 0 Å². The van der Waals surface area contributed by atoms with Gasteiger partial charge in [0.1, 0.15) is 6.26 Å². The molecule has 0 unspecified atom stereocenters. The van der Waals surface area contributed by atoms with Gasteiger partial charge in [0.05, 0.1) is 5.69 Å². The van der Waals surface area contributed by atoms with Gasteiger partial charge in [0.25, 0.3) is 0 Å². The van der Waals surface area contributed by atoms with E-state index in [1.807, 2.05) is 36.4 Å². The van der Waals surface area contributed by atoms with Crippen molar-refractivity contribution in [2.75, 3.05) is 39.8 Å².